The van der Waals surface area contributed by atoms with Crippen molar-refractivity contribution in [2.45, 2.75) is 33.2 Å². The Bertz CT molecular complexity index is 1520. The molecule has 1 atom stereocenters. The highest BCUT2D eigenvalue weighted by Gasteiger charge is 2.49. The van der Waals surface area contributed by atoms with Crippen LogP contribution < -0.4 is 10.6 Å². The third kappa shape index (κ3) is 4.13. The molecule has 7 nitrogen and oxygen atoms in total. The molecule has 1 aliphatic rings. The van der Waals surface area contributed by atoms with Gasteiger partial charge in [0.2, 0.25) is 5.91 Å². The van der Waals surface area contributed by atoms with Crippen LogP contribution in [0.4, 0.5) is 9.93 Å². The van der Waals surface area contributed by atoms with Crippen molar-refractivity contribution < 1.29 is 14.4 Å². The highest BCUT2D eigenvalue weighted by Crippen LogP contribution is 2.32. The normalized spacial score (nSPS) is 17.5. The molecule has 36 heavy (non-hydrogen) atoms. The monoisotopic (exact) mass is 498 g/mol. The van der Waals surface area contributed by atoms with Gasteiger partial charge in [0.1, 0.15) is 12.1 Å². The van der Waals surface area contributed by atoms with E-state index in [9.17, 15) is 14.4 Å². The molecule has 1 fully saturated rings. The van der Waals surface area contributed by atoms with Crippen molar-refractivity contribution in [3.63, 3.8) is 0 Å². The van der Waals surface area contributed by atoms with Crippen molar-refractivity contribution in [2.24, 2.45) is 0 Å². The van der Waals surface area contributed by atoms with Crippen LogP contribution in [-0.4, -0.2) is 34.3 Å². The first-order valence-electron chi connectivity index (χ1n) is 11.6. The Morgan fingerprint density at radius 1 is 1.03 bits per heavy atom. The summed E-state index contributed by atoms with van der Waals surface area (Å²) < 4.78 is 0. The fourth-order valence-electron chi connectivity index (χ4n) is 4.87. The Hall–Kier alpha value is -4.04. The van der Waals surface area contributed by atoms with Gasteiger partial charge in [0, 0.05) is 10.9 Å². The third-order valence-electron chi connectivity index (χ3n) is 6.59. The van der Waals surface area contributed by atoms with Gasteiger partial charge in [-0.05, 0) is 61.2 Å². The zero-order valence-corrected chi connectivity index (χ0v) is 21.3. The minimum atomic E-state index is -1.25. The molecular weight excluding hydrogens is 472 g/mol. The summed E-state index contributed by atoms with van der Waals surface area (Å²) in [7, 11) is 0. The second kappa shape index (κ2) is 8.87. The molecule has 2 heterocycles. The molecule has 0 saturated carbocycles. The number of hydrogen-bond donors (Lipinski definition) is 2. The number of rotatable bonds is 5. The topological polar surface area (TPSA) is 91.4 Å². The molecule has 0 spiro atoms. The Balaban J connectivity index is 1.31. The van der Waals surface area contributed by atoms with Gasteiger partial charge in [0.15, 0.2) is 5.13 Å². The number of benzene rings is 3. The van der Waals surface area contributed by atoms with E-state index >= 15 is 0 Å². The number of urea groups is 1. The number of nitrogens with zero attached hydrogens (tertiary/aromatic N) is 2. The first-order chi connectivity index (χ1) is 17.2. The van der Waals surface area contributed by atoms with E-state index in [1.54, 1.807) is 6.92 Å². The summed E-state index contributed by atoms with van der Waals surface area (Å²) in [4.78, 5) is 44.3. The molecule has 0 aliphatic carbocycles. The molecule has 1 saturated heterocycles. The van der Waals surface area contributed by atoms with Crippen LogP contribution in [0.1, 0.15) is 29.2 Å². The van der Waals surface area contributed by atoms with Gasteiger partial charge in [-0.2, -0.15) is 0 Å². The van der Waals surface area contributed by atoms with E-state index in [1.165, 1.54) is 16.9 Å². The van der Waals surface area contributed by atoms with Crippen molar-refractivity contribution in [1.82, 2.24) is 15.2 Å². The minimum Gasteiger partial charge on any atom is -0.319 e. The molecule has 4 amide bonds. The quantitative estimate of drug-likeness (QED) is 0.366. The van der Waals surface area contributed by atoms with E-state index in [0.29, 0.717) is 10.7 Å². The zero-order chi connectivity index (χ0) is 25.6. The van der Waals surface area contributed by atoms with Gasteiger partial charge in [-0.15, -0.1) is 11.3 Å². The largest absolute Gasteiger partial charge is 0.325 e. The van der Waals surface area contributed by atoms with Gasteiger partial charge in [0.25, 0.3) is 5.91 Å². The Labute approximate surface area is 213 Å². The summed E-state index contributed by atoms with van der Waals surface area (Å²) in [5, 5.41) is 9.82. The second-order valence-corrected chi connectivity index (χ2v) is 10.2. The lowest BCUT2D eigenvalue weighted by Gasteiger charge is -2.22. The van der Waals surface area contributed by atoms with E-state index in [1.807, 2.05) is 61.7 Å². The van der Waals surface area contributed by atoms with Crippen LogP contribution in [0.15, 0.2) is 60.0 Å². The predicted octanol–water partition coefficient (Wildman–Crippen LogP) is 5.29. The van der Waals surface area contributed by atoms with Crippen LogP contribution >= 0.6 is 11.3 Å². The van der Waals surface area contributed by atoms with Gasteiger partial charge in [-0.3, -0.25) is 14.5 Å². The number of anilines is 1. The maximum Gasteiger partial charge on any atom is 0.325 e. The first kappa shape index (κ1) is 23.7. The lowest BCUT2D eigenvalue weighted by atomic mass is 9.90. The summed E-state index contributed by atoms with van der Waals surface area (Å²) in [5.74, 6) is -0.955. The van der Waals surface area contributed by atoms with Crippen molar-refractivity contribution in [1.29, 1.82) is 0 Å². The maximum absolute atomic E-state index is 13.3. The van der Waals surface area contributed by atoms with Crippen LogP contribution in [0.2, 0.25) is 0 Å². The lowest BCUT2D eigenvalue weighted by molar-refractivity contribution is -0.133. The highest BCUT2D eigenvalue weighted by atomic mass is 32.1. The second-order valence-electron chi connectivity index (χ2n) is 9.37. The summed E-state index contributed by atoms with van der Waals surface area (Å²) in [6.07, 6.45) is 0. The van der Waals surface area contributed by atoms with Crippen LogP contribution in [-0.2, 0) is 15.1 Å². The number of fused-ring (bicyclic) bond motifs is 1. The average molecular weight is 499 g/mol. The lowest BCUT2D eigenvalue weighted by Crippen LogP contribution is -2.42. The van der Waals surface area contributed by atoms with Gasteiger partial charge in [-0.1, -0.05) is 54.1 Å². The van der Waals surface area contributed by atoms with Crippen molar-refractivity contribution in [3.8, 4) is 11.3 Å². The SMILES string of the molecule is Cc1cc(C)c(-c2csc(NC(=O)CN3C(=O)NC(C)(c4ccc5ccccc5c4)C3=O)n2)c(C)c1. The number of thiazole rings is 1. The third-order valence-corrected chi connectivity index (χ3v) is 7.34. The number of carbonyl (C=O) groups is 3. The molecule has 3 aromatic carbocycles. The fraction of sp³-hybridized carbons (Fsp3) is 0.214. The zero-order valence-electron chi connectivity index (χ0n) is 20.5. The van der Waals surface area contributed by atoms with Gasteiger partial charge < -0.3 is 10.6 Å². The summed E-state index contributed by atoms with van der Waals surface area (Å²) in [5.41, 5.74) is 4.64. The smallest absolute Gasteiger partial charge is 0.319 e. The van der Waals surface area contributed by atoms with Crippen LogP contribution in [0.5, 0.6) is 0 Å². The van der Waals surface area contributed by atoms with Gasteiger partial charge in [-0.25, -0.2) is 9.78 Å². The Kier molecular flexibility index (Phi) is 5.84. The fourth-order valence-corrected chi connectivity index (χ4v) is 5.59. The molecule has 4 aromatic rings. The molecule has 182 valence electrons. The van der Waals surface area contributed by atoms with E-state index in [4.69, 9.17) is 0 Å². The molecule has 2 N–H and O–H groups in total. The molecule has 1 unspecified atom stereocenters. The predicted molar refractivity (Wildman–Crippen MR) is 142 cm³/mol. The molecule has 1 aromatic heterocycles. The number of hydrogen-bond acceptors (Lipinski definition) is 5. The molecule has 1 aliphatic heterocycles. The number of carbonyl (C=O) groups excluding carboxylic acids is 3. The molecule has 8 heteroatoms. The van der Waals surface area contributed by atoms with Gasteiger partial charge >= 0.3 is 6.03 Å². The van der Waals surface area contributed by atoms with E-state index in [0.717, 1.165) is 38.1 Å². The Morgan fingerprint density at radius 2 is 1.72 bits per heavy atom. The van der Waals surface area contributed by atoms with Crippen LogP contribution in [0, 0.1) is 20.8 Å². The first-order valence-corrected chi connectivity index (χ1v) is 12.5. The standard InChI is InChI=1S/C28H26N4O3S/c1-16-11-17(2)24(18(3)12-16)22-15-36-26(29-22)30-23(33)14-32-25(34)28(4,31-27(32)35)21-10-9-19-7-5-6-8-20(19)13-21/h5-13,15H,14H2,1-4H3,(H,31,35)(H,29,30,33). The number of nitrogens with one attached hydrogen (secondary N) is 2. The Morgan fingerprint density at radius 3 is 2.44 bits per heavy atom. The average Bonchev–Trinajstić information content (AvgIpc) is 3.36. The number of amides is 4. The summed E-state index contributed by atoms with van der Waals surface area (Å²) >= 11 is 1.30. The van der Waals surface area contributed by atoms with Crippen molar-refractivity contribution in [2.75, 3.05) is 11.9 Å². The van der Waals surface area contributed by atoms with Crippen LogP contribution in [0.25, 0.3) is 22.0 Å². The van der Waals surface area contributed by atoms with Crippen LogP contribution in [0.3, 0.4) is 0 Å². The van der Waals surface area contributed by atoms with Crippen molar-refractivity contribution >= 4 is 45.1 Å². The van der Waals surface area contributed by atoms with E-state index in [2.05, 4.69) is 34.7 Å². The number of aryl methyl sites for hydroxylation is 3. The minimum absolute atomic E-state index is 0.397. The molecular formula is C28H26N4O3S. The molecule has 0 radical (unpaired) electrons. The van der Waals surface area contributed by atoms with E-state index in [-0.39, 0.29) is 0 Å². The molecule has 0 bridgehead atoms. The maximum atomic E-state index is 13.3. The van der Waals surface area contributed by atoms with Gasteiger partial charge in [0.05, 0.1) is 5.69 Å². The number of aromatic nitrogens is 1. The number of imide groups is 1. The highest BCUT2D eigenvalue weighted by molar-refractivity contribution is 7.14. The van der Waals surface area contributed by atoms with E-state index < -0.39 is 29.9 Å². The van der Waals surface area contributed by atoms with Crippen molar-refractivity contribution in [3.05, 3.63) is 82.2 Å². The molecule has 5 rings (SSSR count). The summed E-state index contributed by atoms with van der Waals surface area (Å²) in [6.45, 7) is 7.39. The summed E-state index contributed by atoms with van der Waals surface area (Å²) in [6, 6.07) is 17.1.